The average Bonchev–Trinajstić information content (AvgIpc) is 3.07. The summed E-state index contributed by atoms with van der Waals surface area (Å²) in [6, 6.07) is 12.7. The van der Waals surface area contributed by atoms with E-state index in [0.717, 1.165) is 4.90 Å². The SMILES string of the molecule is CSc1ccccc1C(=O)NC[C@](C)(O)c1ccc2c(c1)OCO2. The molecule has 24 heavy (non-hydrogen) atoms. The van der Waals surface area contributed by atoms with E-state index < -0.39 is 5.60 Å². The van der Waals surface area contributed by atoms with Crippen LogP contribution in [0.1, 0.15) is 22.8 Å². The molecule has 0 radical (unpaired) electrons. The molecule has 1 atom stereocenters. The third kappa shape index (κ3) is 3.34. The van der Waals surface area contributed by atoms with E-state index in [9.17, 15) is 9.90 Å². The average molecular weight is 345 g/mol. The van der Waals surface area contributed by atoms with Crippen molar-refractivity contribution in [2.75, 3.05) is 19.6 Å². The standard InChI is InChI=1S/C18H19NO4S/c1-18(21,12-7-8-14-15(9-12)23-11-22-14)10-19-17(20)13-5-3-4-6-16(13)24-2/h3-9,21H,10-11H2,1-2H3,(H,19,20)/t18-/m0/s1. The van der Waals surface area contributed by atoms with Gasteiger partial charge in [0, 0.05) is 4.90 Å². The second kappa shape index (κ2) is 6.75. The van der Waals surface area contributed by atoms with Crippen LogP contribution in [0, 0.1) is 0 Å². The lowest BCUT2D eigenvalue weighted by Crippen LogP contribution is -2.38. The van der Waals surface area contributed by atoms with Crippen LogP contribution < -0.4 is 14.8 Å². The van der Waals surface area contributed by atoms with Gasteiger partial charge in [0.2, 0.25) is 6.79 Å². The molecule has 0 aliphatic carbocycles. The molecule has 2 N–H and O–H groups in total. The van der Waals surface area contributed by atoms with Gasteiger partial charge in [-0.3, -0.25) is 4.79 Å². The van der Waals surface area contributed by atoms with Crippen molar-refractivity contribution in [3.8, 4) is 11.5 Å². The topological polar surface area (TPSA) is 67.8 Å². The molecule has 0 unspecified atom stereocenters. The van der Waals surface area contributed by atoms with Crippen molar-refractivity contribution in [2.45, 2.75) is 17.4 Å². The van der Waals surface area contributed by atoms with E-state index in [-0.39, 0.29) is 19.2 Å². The maximum atomic E-state index is 12.4. The van der Waals surface area contributed by atoms with Gasteiger partial charge in [0.15, 0.2) is 11.5 Å². The van der Waals surface area contributed by atoms with Crippen LogP contribution in [0.2, 0.25) is 0 Å². The van der Waals surface area contributed by atoms with Crippen molar-refractivity contribution in [1.82, 2.24) is 5.32 Å². The van der Waals surface area contributed by atoms with Crippen LogP contribution in [0.4, 0.5) is 0 Å². The van der Waals surface area contributed by atoms with Gasteiger partial charge in [-0.05, 0) is 43.0 Å². The molecule has 3 rings (SSSR count). The summed E-state index contributed by atoms with van der Waals surface area (Å²) >= 11 is 1.51. The predicted octanol–water partition coefficient (Wildman–Crippen LogP) is 2.77. The number of carbonyl (C=O) groups is 1. The zero-order valence-corrected chi connectivity index (χ0v) is 14.4. The summed E-state index contributed by atoms with van der Waals surface area (Å²) in [5.74, 6) is 1.06. The van der Waals surface area contributed by atoms with E-state index in [1.54, 1.807) is 31.2 Å². The third-order valence-electron chi connectivity index (χ3n) is 3.94. The molecule has 2 aromatic carbocycles. The minimum atomic E-state index is -1.22. The summed E-state index contributed by atoms with van der Waals surface area (Å²) in [4.78, 5) is 13.3. The highest BCUT2D eigenvalue weighted by Crippen LogP contribution is 2.35. The zero-order chi connectivity index (χ0) is 17.2. The Bertz CT molecular complexity index is 760. The fourth-order valence-corrected chi connectivity index (χ4v) is 3.11. The van der Waals surface area contributed by atoms with Gasteiger partial charge in [0.05, 0.1) is 12.1 Å². The number of hydrogen-bond donors (Lipinski definition) is 2. The molecular formula is C18H19NO4S. The van der Waals surface area contributed by atoms with Gasteiger partial charge in [-0.25, -0.2) is 0 Å². The number of benzene rings is 2. The van der Waals surface area contributed by atoms with Crippen molar-refractivity contribution in [3.05, 3.63) is 53.6 Å². The van der Waals surface area contributed by atoms with Gasteiger partial charge in [-0.2, -0.15) is 0 Å². The highest BCUT2D eigenvalue weighted by atomic mass is 32.2. The fourth-order valence-electron chi connectivity index (χ4n) is 2.51. The second-order valence-corrected chi connectivity index (χ2v) is 6.57. The van der Waals surface area contributed by atoms with Crippen LogP contribution >= 0.6 is 11.8 Å². The van der Waals surface area contributed by atoms with Crippen molar-refractivity contribution < 1.29 is 19.4 Å². The number of aliphatic hydroxyl groups is 1. The number of nitrogens with one attached hydrogen (secondary N) is 1. The monoisotopic (exact) mass is 345 g/mol. The summed E-state index contributed by atoms with van der Waals surface area (Å²) in [5.41, 5.74) is 0.0435. The van der Waals surface area contributed by atoms with Crippen LogP contribution in [-0.4, -0.2) is 30.6 Å². The molecule has 0 aromatic heterocycles. The van der Waals surface area contributed by atoms with Gasteiger partial charge in [-0.1, -0.05) is 18.2 Å². The first-order valence-electron chi connectivity index (χ1n) is 7.55. The van der Waals surface area contributed by atoms with Crippen LogP contribution in [0.3, 0.4) is 0 Å². The molecule has 1 heterocycles. The first-order chi connectivity index (χ1) is 11.5. The van der Waals surface area contributed by atoms with Crippen LogP contribution in [-0.2, 0) is 5.60 Å². The van der Waals surface area contributed by atoms with Crippen LogP contribution in [0.5, 0.6) is 11.5 Å². The van der Waals surface area contributed by atoms with Gasteiger partial charge in [-0.15, -0.1) is 11.8 Å². The van der Waals surface area contributed by atoms with Crippen molar-refractivity contribution >= 4 is 17.7 Å². The molecule has 5 nitrogen and oxygen atoms in total. The number of amides is 1. The fraction of sp³-hybridized carbons (Fsp3) is 0.278. The van der Waals surface area contributed by atoms with Gasteiger partial charge < -0.3 is 19.9 Å². The smallest absolute Gasteiger partial charge is 0.252 e. The van der Waals surface area contributed by atoms with Crippen molar-refractivity contribution in [3.63, 3.8) is 0 Å². The molecule has 1 aliphatic heterocycles. The lowest BCUT2D eigenvalue weighted by atomic mass is 9.95. The molecule has 1 aliphatic rings. The summed E-state index contributed by atoms with van der Waals surface area (Å²) in [6.45, 7) is 1.93. The quantitative estimate of drug-likeness (QED) is 0.816. The molecule has 2 aromatic rings. The summed E-state index contributed by atoms with van der Waals surface area (Å²) in [6.07, 6.45) is 1.93. The molecule has 0 spiro atoms. The number of hydrogen-bond acceptors (Lipinski definition) is 5. The molecule has 0 bridgehead atoms. The molecule has 0 fully saturated rings. The minimum absolute atomic E-state index is 0.0915. The van der Waals surface area contributed by atoms with Gasteiger partial charge >= 0.3 is 0 Å². The number of fused-ring (bicyclic) bond motifs is 1. The predicted molar refractivity (Wildman–Crippen MR) is 92.7 cm³/mol. The normalized spacial score (nSPS) is 15.0. The molecule has 126 valence electrons. The third-order valence-corrected chi connectivity index (χ3v) is 4.74. The lowest BCUT2D eigenvalue weighted by Gasteiger charge is -2.24. The molecule has 0 saturated carbocycles. The highest BCUT2D eigenvalue weighted by Gasteiger charge is 2.27. The minimum Gasteiger partial charge on any atom is -0.454 e. The van der Waals surface area contributed by atoms with E-state index >= 15 is 0 Å². The summed E-state index contributed by atoms with van der Waals surface area (Å²) in [7, 11) is 0. The number of carbonyl (C=O) groups excluding carboxylic acids is 1. The summed E-state index contributed by atoms with van der Waals surface area (Å²) in [5, 5.41) is 13.5. The Balaban J connectivity index is 1.72. The Hall–Kier alpha value is -2.18. The maximum Gasteiger partial charge on any atom is 0.252 e. The summed E-state index contributed by atoms with van der Waals surface area (Å²) < 4.78 is 10.6. The van der Waals surface area contributed by atoms with Gasteiger partial charge in [0.1, 0.15) is 5.60 Å². The Labute approximate surface area is 145 Å². The number of ether oxygens (including phenoxy) is 2. The van der Waals surface area contributed by atoms with Crippen LogP contribution in [0.25, 0.3) is 0 Å². The zero-order valence-electron chi connectivity index (χ0n) is 13.5. The van der Waals surface area contributed by atoms with Crippen molar-refractivity contribution in [2.24, 2.45) is 0 Å². The van der Waals surface area contributed by atoms with Crippen LogP contribution in [0.15, 0.2) is 47.4 Å². The first kappa shape index (κ1) is 16.7. The second-order valence-electron chi connectivity index (χ2n) is 5.72. The largest absolute Gasteiger partial charge is 0.454 e. The number of thioether (sulfide) groups is 1. The van der Waals surface area contributed by atoms with E-state index in [2.05, 4.69) is 5.32 Å². The Morgan fingerprint density at radius 1 is 1.25 bits per heavy atom. The molecule has 0 saturated heterocycles. The van der Waals surface area contributed by atoms with Crippen molar-refractivity contribution in [1.29, 1.82) is 0 Å². The Morgan fingerprint density at radius 2 is 2.00 bits per heavy atom. The van der Waals surface area contributed by atoms with Gasteiger partial charge in [0.25, 0.3) is 5.91 Å². The van der Waals surface area contributed by atoms with E-state index in [0.29, 0.717) is 22.6 Å². The number of rotatable bonds is 5. The molecular weight excluding hydrogens is 326 g/mol. The Morgan fingerprint density at radius 3 is 2.79 bits per heavy atom. The van der Waals surface area contributed by atoms with E-state index in [1.165, 1.54) is 11.8 Å². The van der Waals surface area contributed by atoms with E-state index in [1.807, 2.05) is 24.5 Å². The molecule has 1 amide bonds. The Kier molecular flexibility index (Phi) is 4.69. The molecule has 6 heteroatoms. The van der Waals surface area contributed by atoms with E-state index in [4.69, 9.17) is 9.47 Å². The lowest BCUT2D eigenvalue weighted by molar-refractivity contribution is 0.0524. The highest BCUT2D eigenvalue weighted by molar-refractivity contribution is 7.98. The maximum absolute atomic E-state index is 12.4. The first-order valence-corrected chi connectivity index (χ1v) is 8.77.